The van der Waals surface area contributed by atoms with Gasteiger partial charge < -0.3 is 25.0 Å². The molecule has 0 saturated carbocycles. The molecule has 160 valence electrons. The van der Waals surface area contributed by atoms with Crippen LogP contribution in [0.1, 0.15) is 23.4 Å². The minimum Gasteiger partial charge on any atom is -0.490 e. The number of thiophene rings is 1. The molecule has 6 nitrogen and oxygen atoms in total. The average Bonchev–Trinajstić information content (AvgIpc) is 3.20. The lowest BCUT2D eigenvalue weighted by Gasteiger charge is -2.24. The first-order valence-electron chi connectivity index (χ1n) is 9.30. The Hall–Kier alpha value is -2.39. The van der Waals surface area contributed by atoms with E-state index in [0.29, 0.717) is 30.4 Å². The maximum absolute atomic E-state index is 12.9. The number of hydrogen-bond acceptors (Lipinski definition) is 5. The van der Waals surface area contributed by atoms with Crippen molar-refractivity contribution in [3.8, 4) is 11.5 Å². The fourth-order valence-electron chi connectivity index (χ4n) is 2.80. The van der Waals surface area contributed by atoms with Gasteiger partial charge in [-0.2, -0.15) is 8.78 Å². The average molecular weight is 427 g/mol. The van der Waals surface area contributed by atoms with Crippen LogP contribution in [0.25, 0.3) is 0 Å². The van der Waals surface area contributed by atoms with E-state index in [1.54, 1.807) is 43.5 Å². The molecule has 1 aromatic carbocycles. The second-order valence-electron chi connectivity index (χ2n) is 6.36. The van der Waals surface area contributed by atoms with E-state index in [1.807, 2.05) is 20.2 Å². The van der Waals surface area contributed by atoms with Gasteiger partial charge in [0.1, 0.15) is 0 Å². The first kappa shape index (κ1) is 22.9. The molecule has 2 aromatic rings. The molecule has 0 aliphatic carbocycles. The molecule has 2 N–H and O–H groups in total. The molecule has 0 aliphatic rings. The van der Waals surface area contributed by atoms with Crippen molar-refractivity contribution in [1.82, 2.24) is 15.5 Å². The predicted molar refractivity (Wildman–Crippen MR) is 113 cm³/mol. The van der Waals surface area contributed by atoms with Crippen LogP contribution < -0.4 is 20.1 Å². The molecule has 0 fully saturated rings. The number of benzene rings is 1. The molecule has 2 rings (SSSR count). The predicted octanol–water partition coefficient (Wildman–Crippen LogP) is 3.72. The highest BCUT2D eigenvalue weighted by Gasteiger charge is 2.17. The topological polar surface area (TPSA) is 58.1 Å². The fraction of sp³-hybridized carbons (Fsp3) is 0.450. The van der Waals surface area contributed by atoms with Crippen LogP contribution >= 0.6 is 11.3 Å². The summed E-state index contributed by atoms with van der Waals surface area (Å²) in [5.74, 6) is 0.899. The zero-order chi connectivity index (χ0) is 21.2. The molecular weight excluding hydrogens is 398 g/mol. The van der Waals surface area contributed by atoms with Crippen molar-refractivity contribution in [3.05, 3.63) is 46.2 Å². The van der Waals surface area contributed by atoms with Crippen LogP contribution in [0, 0.1) is 0 Å². The number of ether oxygens (including phenoxy) is 2. The van der Waals surface area contributed by atoms with Crippen molar-refractivity contribution in [2.45, 2.75) is 26.1 Å². The summed E-state index contributed by atoms with van der Waals surface area (Å²) < 4.78 is 35.9. The van der Waals surface area contributed by atoms with E-state index in [1.165, 1.54) is 4.88 Å². The van der Waals surface area contributed by atoms with Crippen molar-refractivity contribution < 1.29 is 18.3 Å². The smallest absolute Gasteiger partial charge is 0.387 e. The Balaban J connectivity index is 2.04. The van der Waals surface area contributed by atoms with Gasteiger partial charge in [0.2, 0.25) is 0 Å². The van der Waals surface area contributed by atoms with E-state index in [-0.39, 0.29) is 18.3 Å². The second kappa shape index (κ2) is 11.6. The van der Waals surface area contributed by atoms with Gasteiger partial charge in [-0.15, -0.1) is 11.3 Å². The molecule has 0 spiro atoms. The standard InChI is InChI=1S/C20H28F2N4O2S/c1-5-27-16-9-6-8-14(18(16)28-19(21)22)12-24-20(23-2)25-13-15(26(3)4)17-10-7-11-29-17/h6-11,15,19H,5,12-13H2,1-4H3,(H2,23,24,25). The lowest BCUT2D eigenvalue weighted by molar-refractivity contribution is -0.0520. The molecule has 1 atom stereocenters. The van der Waals surface area contributed by atoms with Gasteiger partial charge in [0.25, 0.3) is 0 Å². The van der Waals surface area contributed by atoms with Crippen LogP contribution in [0.4, 0.5) is 8.78 Å². The van der Waals surface area contributed by atoms with Gasteiger partial charge in [0.05, 0.1) is 12.6 Å². The Morgan fingerprint density at radius 2 is 2.00 bits per heavy atom. The Kier molecular flexibility index (Phi) is 9.14. The van der Waals surface area contributed by atoms with Crippen molar-refractivity contribution >= 4 is 17.3 Å². The molecule has 9 heteroatoms. The normalized spacial score (nSPS) is 12.9. The number of nitrogens with one attached hydrogen (secondary N) is 2. The van der Waals surface area contributed by atoms with Crippen LogP contribution in [0.2, 0.25) is 0 Å². The lowest BCUT2D eigenvalue weighted by atomic mass is 10.2. The summed E-state index contributed by atoms with van der Waals surface area (Å²) in [5.41, 5.74) is 0.557. The summed E-state index contributed by atoms with van der Waals surface area (Å²) in [6.45, 7) is 0.117. The van der Waals surface area contributed by atoms with Crippen LogP contribution in [-0.2, 0) is 6.54 Å². The van der Waals surface area contributed by atoms with Crippen molar-refractivity contribution in [3.63, 3.8) is 0 Å². The third-order valence-electron chi connectivity index (χ3n) is 4.19. The zero-order valence-corrected chi connectivity index (χ0v) is 17.9. The number of rotatable bonds is 10. The molecule has 0 aliphatic heterocycles. The van der Waals surface area contributed by atoms with E-state index in [0.717, 1.165) is 0 Å². The van der Waals surface area contributed by atoms with Gasteiger partial charge in [0, 0.05) is 30.6 Å². The van der Waals surface area contributed by atoms with Gasteiger partial charge in [-0.3, -0.25) is 4.99 Å². The van der Waals surface area contributed by atoms with Crippen LogP contribution in [0.5, 0.6) is 11.5 Å². The summed E-state index contributed by atoms with van der Waals surface area (Å²) in [5, 5.41) is 8.50. The van der Waals surface area contributed by atoms with E-state index in [2.05, 4.69) is 32.0 Å². The summed E-state index contributed by atoms with van der Waals surface area (Å²) in [6, 6.07) is 9.39. The second-order valence-corrected chi connectivity index (χ2v) is 7.34. The maximum atomic E-state index is 12.9. The minimum absolute atomic E-state index is 0.0389. The number of halogens is 2. The highest BCUT2D eigenvalue weighted by atomic mass is 32.1. The van der Waals surface area contributed by atoms with Crippen molar-refractivity contribution in [2.24, 2.45) is 4.99 Å². The summed E-state index contributed by atoms with van der Waals surface area (Å²) in [6.07, 6.45) is 0. The van der Waals surface area contributed by atoms with Crippen LogP contribution in [-0.4, -0.2) is 51.8 Å². The highest BCUT2D eigenvalue weighted by Crippen LogP contribution is 2.32. The number of likely N-dealkylation sites (N-methyl/N-ethyl adjacent to an activating group) is 1. The molecular formula is C20H28F2N4O2S. The van der Waals surface area contributed by atoms with Gasteiger partial charge in [-0.25, -0.2) is 0 Å². The quantitative estimate of drug-likeness (QED) is 0.448. The molecule has 0 amide bonds. The van der Waals surface area contributed by atoms with E-state index >= 15 is 0 Å². The number of hydrogen-bond donors (Lipinski definition) is 2. The van der Waals surface area contributed by atoms with Crippen molar-refractivity contribution in [1.29, 1.82) is 0 Å². The lowest BCUT2D eigenvalue weighted by Crippen LogP contribution is -2.41. The molecule has 1 aromatic heterocycles. The Morgan fingerprint density at radius 1 is 1.21 bits per heavy atom. The van der Waals surface area contributed by atoms with Gasteiger partial charge >= 0.3 is 6.61 Å². The van der Waals surface area contributed by atoms with Gasteiger partial charge in [0.15, 0.2) is 17.5 Å². The van der Waals surface area contributed by atoms with E-state index < -0.39 is 6.61 Å². The molecule has 0 radical (unpaired) electrons. The van der Waals surface area contributed by atoms with E-state index in [4.69, 9.17) is 9.47 Å². The largest absolute Gasteiger partial charge is 0.490 e. The van der Waals surface area contributed by atoms with E-state index in [9.17, 15) is 8.78 Å². The summed E-state index contributed by atoms with van der Waals surface area (Å²) >= 11 is 1.70. The van der Waals surface area contributed by atoms with Gasteiger partial charge in [-0.1, -0.05) is 18.2 Å². The number of nitrogens with zero attached hydrogens (tertiary/aromatic N) is 2. The molecule has 29 heavy (non-hydrogen) atoms. The highest BCUT2D eigenvalue weighted by molar-refractivity contribution is 7.10. The van der Waals surface area contributed by atoms with Crippen LogP contribution in [0.3, 0.4) is 0 Å². The Bertz CT molecular complexity index is 770. The first-order chi connectivity index (χ1) is 14.0. The Labute approximate surface area is 174 Å². The summed E-state index contributed by atoms with van der Waals surface area (Å²) in [4.78, 5) is 7.60. The monoisotopic (exact) mass is 426 g/mol. The molecule has 0 bridgehead atoms. The van der Waals surface area contributed by atoms with Crippen LogP contribution in [0.15, 0.2) is 40.7 Å². The maximum Gasteiger partial charge on any atom is 0.387 e. The SMILES string of the molecule is CCOc1cccc(CNC(=NC)NCC(c2cccs2)N(C)C)c1OC(F)F. The zero-order valence-electron chi connectivity index (χ0n) is 17.1. The minimum atomic E-state index is -2.93. The number of aliphatic imine (C=N–C) groups is 1. The third-order valence-corrected chi connectivity index (χ3v) is 5.17. The number of guanidine groups is 1. The molecule has 1 heterocycles. The van der Waals surface area contributed by atoms with Gasteiger partial charge in [-0.05, 0) is 38.5 Å². The summed E-state index contributed by atoms with van der Waals surface area (Å²) in [7, 11) is 5.71. The first-order valence-corrected chi connectivity index (χ1v) is 10.2. The Morgan fingerprint density at radius 3 is 2.59 bits per heavy atom. The molecule has 1 unspecified atom stereocenters. The third kappa shape index (κ3) is 6.86. The number of alkyl halides is 2. The molecule has 0 saturated heterocycles. The van der Waals surface area contributed by atoms with Crippen molar-refractivity contribution in [2.75, 3.05) is 34.3 Å². The number of para-hydroxylation sites is 1. The fourth-order valence-corrected chi connectivity index (χ4v) is 3.73.